The maximum atomic E-state index is 11.7. The summed E-state index contributed by atoms with van der Waals surface area (Å²) >= 11 is 0. The van der Waals surface area contributed by atoms with E-state index in [1.807, 2.05) is 27.1 Å². The highest BCUT2D eigenvalue weighted by Crippen LogP contribution is 2.17. The summed E-state index contributed by atoms with van der Waals surface area (Å²) in [6.45, 7) is 5.79. The SMILES string of the molecule is CCOC(=O)c1ccc(Nc2nc(C)cc(NCCN(C)C)n2)cc1. The molecule has 7 heteroatoms. The summed E-state index contributed by atoms with van der Waals surface area (Å²) in [6, 6.07) is 8.94. The Balaban J connectivity index is 2.04. The molecule has 0 unspecified atom stereocenters. The number of ether oxygens (including phenoxy) is 1. The molecule has 0 atom stereocenters. The number of esters is 1. The van der Waals surface area contributed by atoms with Gasteiger partial charge in [-0.25, -0.2) is 9.78 Å². The minimum atomic E-state index is -0.326. The maximum absolute atomic E-state index is 11.7. The molecule has 0 saturated heterocycles. The van der Waals surface area contributed by atoms with E-state index in [0.29, 0.717) is 18.1 Å². The largest absolute Gasteiger partial charge is 0.462 e. The predicted molar refractivity (Wildman–Crippen MR) is 99.5 cm³/mol. The van der Waals surface area contributed by atoms with Crippen molar-refractivity contribution in [3.63, 3.8) is 0 Å². The summed E-state index contributed by atoms with van der Waals surface area (Å²) in [7, 11) is 4.06. The third-order valence-corrected chi connectivity index (χ3v) is 3.37. The lowest BCUT2D eigenvalue weighted by Gasteiger charge is -2.12. The molecule has 7 nitrogen and oxygen atoms in total. The molecule has 0 spiro atoms. The first-order chi connectivity index (χ1) is 12.0. The molecule has 0 aliphatic rings. The maximum Gasteiger partial charge on any atom is 0.338 e. The first kappa shape index (κ1) is 18.7. The fourth-order valence-corrected chi connectivity index (χ4v) is 2.16. The van der Waals surface area contributed by atoms with E-state index in [9.17, 15) is 4.79 Å². The van der Waals surface area contributed by atoms with Gasteiger partial charge in [0.1, 0.15) is 5.82 Å². The minimum absolute atomic E-state index is 0.326. The predicted octanol–water partition coefficient (Wildman–Crippen LogP) is 2.68. The number of rotatable bonds is 8. The molecular weight excluding hydrogens is 318 g/mol. The van der Waals surface area contributed by atoms with Crippen LogP contribution in [0.3, 0.4) is 0 Å². The molecular formula is C18H25N5O2. The number of hydrogen-bond acceptors (Lipinski definition) is 7. The Hall–Kier alpha value is -2.67. The Labute approximate surface area is 148 Å². The fourth-order valence-electron chi connectivity index (χ4n) is 2.16. The van der Waals surface area contributed by atoms with Crippen molar-refractivity contribution in [2.45, 2.75) is 13.8 Å². The molecule has 0 saturated carbocycles. The van der Waals surface area contributed by atoms with Crippen LogP contribution < -0.4 is 10.6 Å². The highest BCUT2D eigenvalue weighted by Gasteiger charge is 2.07. The van der Waals surface area contributed by atoms with Gasteiger partial charge in [0.25, 0.3) is 0 Å². The zero-order valence-corrected chi connectivity index (χ0v) is 15.2. The van der Waals surface area contributed by atoms with Crippen LogP contribution >= 0.6 is 0 Å². The van der Waals surface area contributed by atoms with Crippen LogP contribution in [0.5, 0.6) is 0 Å². The summed E-state index contributed by atoms with van der Waals surface area (Å²) in [5.41, 5.74) is 2.19. The van der Waals surface area contributed by atoms with Crippen LogP contribution in [0.25, 0.3) is 0 Å². The smallest absolute Gasteiger partial charge is 0.338 e. The van der Waals surface area contributed by atoms with E-state index >= 15 is 0 Å². The van der Waals surface area contributed by atoms with E-state index in [0.717, 1.165) is 30.3 Å². The van der Waals surface area contributed by atoms with Crippen LogP contribution in [0, 0.1) is 6.92 Å². The number of nitrogens with zero attached hydrogens (tertiary/aromatic N) is 3. The molecule has 0 radical (unpaired) electrons. The Kier molecular flexibility index (Phi) is 6.71. The topological polar surface area (TPSA) is 79.4 Å². The van der Waals surface area contributed by atoms with Gasteiger partial charge in [0, 0.05) is 30.5 Å². The number of nitrogens with one attached hydrogen (secondary N) is 2. The van der Waals surface area contributed by atoms with E-state index in [2.05, 4.69) is 25.5 Å². The molecule has 0 fully saturated rings. The number of aryl methyl sites for hydroxylation is 1. The van der Waals surface area contributed by atoms with Gasteiger partial charge in [-0.3, -0.25) is 0 Å². The van der Waals surface area contributed by atoms with Crippen molar-refractivity contribution in [3.05, 3.63) is 41.6 Å². The van der Waals surface area contributed by atoms with Crippen LogP contribution in [-0.2, 0) is 4.74 Å². The van der Waals surface area contributed by atoms with Crippen molar-refractivity contribution in [1.29, 1.82) is 0 Å². The standard InChI is InChI=1S/C18H25N5O2/c1-5-25-17(24)14-6-8-15(9-7-14)21-18-20-13(2)12-16(22-18)19-10-11-23(3)4/h6-9,12H,5,10-11H2,1-4H3,(H2,19,20,21,22). The number of aromatic nitrogens is 2. The summed E-state index contributed by atoms with van der Waals surface area (Å²) in [6.07, 6.45) is 0. The zero-order valence-electron chi connectivity index (χ0n) is 15.2. The molecule has 2 N–H and O–H groups in total. The Bertz CT molecular complexity index is 701. The Morgan fingerprint density at radius 3 is 2.56 bits per heavy atom. The van der Waals surface area contributed by atoms with Crippen LogP contribution in [0.1, 0.15) is 23.0 Å². The molecule has 1 heterocycles. The first-order valence-corrected chi connectivity index (χ1v) is 8.26. The quantitative estimate of drug-likeness (QED) is 0.713. The molecule has 2 rings (SSSR count). The van der Waals surface area contributed by atoms with Gasteiger partial charge in [-0.15, -0.1) is 0 Å². The van der Waals surface area contributed by atoms with Gasteiger partial charge in [-0.1, -0.05) is 0 Å². The molecule has 2 aromatic rings. The van der Waals surface area contributed by atoms with Gasteiger partial charge >= 0.3 is 5.97 Å². The average Bonchev–Trinajstić information content (AvgIpc) is 2.55. The van der Waals surface area contributed by atoms with Crippen molar-refractivity contribution < 1.29 is 9.53 Å². The minimum Gasteiger partial charge on any atom is -0.462 e. The molecule has 1 aromatic heterocycles. The van der Waals surface area contributed by atoms with E-state index < -0.39 is 0 Å². The molecule has 1 aromatic carbocycles. The van der Waals surface area contributed by atoms with Crippen LogP contribution in [0.2, 0.25) is 0 Å². The lowest BCUT2D eigenvalue weighted by atomic mass is 10.2. The molecule has 25 heavy (non-hydrogen) atoms. The second-order valence-corrected chi connectivity index (χ2v) is 5.87. The Morgan fingerprint density at radius 1 is 1.20 bits per heavy atom. The Morgan fingerprint density at radius 2 is 1.92 bits per heavy atom. The molecule has 0 aliphatic heterocycles. The van der Waals surface area contributed by atoms with Crippen molar-refractivity contribution in [2.24, 2.45) is 0 Å². The van der Waals surface area contributed by atoms with Gasteiger partial charge in [0.05, 0.1) is 12.2 Å². The van der Waals surface area contributed by atoms with Crippen molar-refractivity contribution in [3.8, 4) is 0 Å². The number of carbonyl (C=O) groups excluding carboxylic acids is 1. The summed E-state index contributed by atoms with van der Waals surface area (Å²) in [5.74, 6) is 0.962. The van der Waals surface area contributed by atoms with E-state index in [1.165, 1.54) is 0 Å². The molecule has 134 valence electrons. The summed E-state index contributed by atoms with van der Waals surface area (Å²) in [5, 5.41) is 6.44. The zero-order chi connectivity index (χ0) is 18.2. The number of anilines is 3. The third-order valence-electron chi connectivity index (χ3n) is 3.37. The van der Waals surface area contributed by atoms with Crippen molar-refractivity contribution in [2.75, 3.05) is 44.4 Å². The summed E-state index contributed by atoms with van der Waals surface area (Å²) < 4.78 is 4.98. The van der Waals surface area contributed by atoms with Crippen LogP contribution in [-0.4, -0.2) is 54.6 Å². The van der Waals surface area contributed by atoms with E-state index in [1.54, 1.807) is 31.2 Å². The summed E-state index contributed by atoms with van der Waals surface area (Å²) in [4.78, 5) is 22.6. The van der Waals surface area contributed by atoms with Gasteiger partial charge in [-0.2, -0.15) is 4.98 Å². The molecule has 0 bridgehead atoms. The lowest BCUT2D eigenvalue weighted by molar-refractivity contribution is 0.0526. The molecule has 0 aliphatic carbocycles. The number of likely N-dealkylation sites (N-methyl/N-ethyl adjacent to an activating group) is 1. The lowest BCUT2D eigenvalue weighted by Crippen LogP contribution is -2.21. The highest BCUT2D eigenvalue weighted by atomic mass is 16.5. The van der Waals surface area contributed by atoms with Crippen molar-refractivity contribution >= 4 is 23.4 Å². The number of hydrogen-bond donors (Lipinski definition) is 2. The first-order valence-electron chi connectivity index (χ1n) is 8.26. The number of benzene rings is 1. The second-order valence-electron chi connectivity index (χ2n) is 5.87. The monoisotopic (exact) mass is 343 g/mol. The fraction of sp³-hybridized carbons (Fsp3) is 0.389. The number of carbonyl (C=O) groups is 1. The van der Waals surface area contributed by atoms with Crippen LogP contribution in [0.15, 0.2) is 30.3 Å². The van der Waals surface area contributed by atoms with Gasteiger partial charge < -0.3 is 20.3 Å². The second kappa shape index (κ2) is 8.98. The average molecular weight is 343 g/mol. The van der Waals surface area contributed by atoms with Crippen LogP contribution in [0.4, 0.5) is 17.5 Å². The van der Waals surface area contributed by atoms with E-state index in [4.69, 9.17) is 4.74 Å². The van der Waals surface area contributed by atoms with Gasteiger partial charge in [0.15, 0.2) is 0 Å². The van der Waals surface area contributed by atoms with E-state index in [-0.39, 0.29) is 5.97 Å². The molecule has 0 amide bonds. The highest BCUT2D eigenvalue weighted by molar-refractivity contribution is 5.89. The normalized spacial score (nSPS) is 10.6. The van der Waals surface area contributed by atoms with Crippen molar-refractivity contribution in [1.82, 2.24) is 14.9 Å². The third kappa shape index (κ3) is 6.04. The van der Waals surface area contributed by atoms with Gasteiger partial charge in [0.2, 0.25) is 5.95 Å². The van der Waals surface area contributed by atoms with Gasteiger partial charge in [-0.05, 0) is 52.2 Å².